The van der Waals surface area contributed by atoms with Gasteiger partial charge in [0, 0.05) is 19.0 Å². The van der Waals surface area contributed by atoms with Gasteiger partial charge in [-0.05, 0) is 67.6 Å². The maximum Gasteiger partial charge on any atom is 0.322 e. The average molecular weight is 486 g/mol. The fourth-order valence-electron chi connectivity index (χ4n) is 4.21. The van der Waals surface area contributed by atoms with Crippen LogP contribution in [0, 0.1) is 5.82 Å². The van der Waals surface area contributed by atoms with Crippen LogP contribution in [0.25, 0.3) is 5.69 Å². The molecule has 0 radical (unpaired) electrons. The van der Waals surface area contributed by atoms with E-state index in [2.05, 4.69) is 15.4 Å². The number of carbonyl (C=O) groups is 1. The fraction of sp³-hybridized carbons (Fsp3) is 0.375. The van der Waals surface area contributed by atoms with Crippen LogP contribution in [-0.4, -0.2) is 42.0 Å². The summed E-state index contributed by atoms with van der Waals surface area (Å²) in [4.78, 5) is 19.1. The fourth-order valence-corrected chi connectivity index (χ4v) is 4.81. The molecule has 2 aromatic heterocycles. The summed E-state index contributed by atoms with van der Waals surface area (Å²) in [5.74, 6) is -0.319. The minimum Gasteiger partial charge on any atom is -0.331 e. The Kier molecular flexibility index (Phi) is 6.97. The number of benzene rings is 1. The molecule has 1 unspecified atom stereocenters. The highest BCUT2D eigenvalue weighted by molar-refractivity contribution is 7.90. The molecule has 2 amide bonds. The lowest BCUT2D eigenvalue weighted by molar-refractivity contribution is 0.241. The maximum atomic E-state index is 13.4. The first-order valence-electron chi connectivity index (χ1n) is 11.3. The van der Waals surface area contributed by atoms with Crippen LogP contribution in [0.5, 0.6) is 0 Å². The number of nitrogens with zero attached hydrogens (tertiary/aromatic N) is 4. The second kappa shape index (κ2) is 9.92. The van der Waals surface area contributed by atoms with Crippen LogP contribution >= 0.6 is 0 Å². The molecule has 1 atom stereocenters. The van der Waals surface area contributed by atoms with Gasteiger partial charge in [0.2, 0.25) is 0 Å². The number of anilines is 1. The Balaban J connectivity index is 1.62. The van der Waals surface area contributed by atoms with E-state index in [0.29, 0.717) is 18.5 Å². The highest BCUT2D eigenvalue weighted by atomic mass is 32.2. The molecule has 0 saturated carbocycles. The second-order valence-corrected chi connectivity index (χ2v) is 10.4. The van der Waals surface area contributed by atoms with Gasteiger partial charge in [0.25, 0.3) is 0 Å². The van der Waals surface area contributed by atoms with E-state index in [4.69, 9.17) is 0 Å². The molecule has 0 fully saturated rings. The molecule has 0 saturated heterocycles. The number of urea groups is 1. The molecule has 3 heterocycles. The normalized spacial score (nSPS) is 14.9. The Morgan fingerprint density at radius 1 is 1.21 bits per heavy atom. The van der Waals surface area contributed by atoms with Crippen LogP contribution in [0.2, 0.25) is 0 Å². The number of hydrogen-bond acceptors (Lipinski definition) is 5. The first kappa shape index (κ1) is 23.9. The maximum absolute atomic E-state index is 13.4. The molecule has 0 bridgehead atoms. The third-order valence-electron chi connectivity index (χ3n) is 5.92. The van der Waals surface area contributed by atoms with Crippen LogP contribution in [0.4, 0.5) is 14.9 Å². The molecule has 1 N–H and O–H groups in total. The summed E-state index contributed by atoms with van der Waals surface area (Å²) in [7, 11) is -3.46. The van der Waals surface area contributed by atoms with Crippen LogP contribution < -0.4 is 10.2 Å². The monoisotopic (exact) mass is 485 g/mol. The first-order valence-corrected chi connectivity index (χ1v) is 13.2. The Morgan fingerprint density at radius 2 is 1.97 bits per heavy atom. The smallest absolute Gasteiger partial charge is 0.322 e. The summed E-state index contributed by atoms with van der Waals surface area (Å²) < 4.78 is 39.1. The van der Waals surface area contributed by atoms with E-state index in [1.54, 1.807) is 34.0 Å². The number of pyridine rings is 1. The van der Waals surface area contributed by atoms with Crippen LogP contribution in [0.1, 0.15) is 49.9 Å². The number of carbonyl (C=O) groups excluding carboxylic acids is 1. The molecule has 180 valence electrons. The SMILES string of the molecule is CCCC(NC(=O)N1CCCCc2c1cnn2-c1ccc(F)cc1)c1ccnc(S(C)(=O)=O)c1. The molecular formula is C24H28FN5O3S. The molecule has 0 aliphatic carbocycles. The molecule has 10 heteroatoms. The van der Waals surface area contributed by atoms with Crippen molar-refractivity contribution in [3.05, 3.63) is 65.9 Å². The number of rotatable bonds is 6. The van der Waals surface area contributed by atoms with Gasteiger partial charge in [-0.1, -0.05) is 13.3 Å². The van der Waals surface area contributed by atoms with Crippen molar-refractivity contribution in [3.8, 4) is 5.69 Å². The van der Waals surface area contributed by atoms with Gasteiger partial charge in [-0.25, -0.2) is 27.3 Å². The van der Waals surface area contributed by atoms with E-state index < -0.39 is 9.84 Å². The number of halogens is 1. The van der Waals surface area contributed by atoms with Gasteiger partial charge in [0.15, 0.2) is 14.9 Å². The third kappa shape index (κ3) is 5.11. The number of amides is 2. The van der Waals surface area contributed by atoms with Crippen molar-refractivity contribution in [2.75, 3.05) is 17.7 Å². The summed E-state index contributed by atoms with van der Waals surface area (Å²) in [6.07, 6.45) is 8.16. The zero-order valence-corrected chi connectivity index (χ0v) is 20.1. The minimum absolute atomic E-state index is 0.0158. The van der Waals surface area contributed by atoms with E-state index in [9.17, 15) is 17.6 Å². The van der Waals surface area contributed by atoms with Crippen molar-refractivity contribution in [2.24, 2.45) is 0 Å². The van der Waals surface area contributed by atoms with Gasteiger partial charge in [0.05, 0.1) is 29.3 Å². The van der Waals surface area contributed by atoms with Gasteiger partial charge >= 0.3 is 6.03 Å². The van der Waals surface area contributed by atoms with Crippen molar-refractivity contribution in [1.82, 2.24) is 20.1 Å². The van der Waals surface area contributed by atoms with Crippen molar-refractivity contribution in [2.45, 2.75) is 50.1 Å². The van der Waals surface area contributed by atoms with E-state index >= 15 is 0 Å². The lowest BCUT2D eigenvalue weighted by Crippen LogP contribution is -2.42. The summed E-state index contributed by atoms with van der Waals surface area (Å²) in [5.41, 5.74) is 3.05. The summed E-state index contributed by atoms with van der Waals surface area (Å²) >= 11 is 0. The lowest BCUT2D eigenvalue weighted by atomic mass is 10.0. The predicted octanol–water partition coefficient (Wildman–Crippen LogP) is 4.20. The van der Waals surface area contributed by atoms with Gasteiger partial charge in [-0.3, -0.25) is 4.90 Å². The van der Waals surface area contributed by atoms with Gasteiger partial charge in [0.1, 0.15) is 5.82 Å². The largest absolute Gasteiger partial charge is 0.331 e. The Bertz CT molecular complexity index is 1270. The molecule has 1 aromatic carbocycles. The number of nitrogens with one attached hydrogen (secondary N) is 1. The number of hydrogen-bond donors (Lipinski definition) is 1. The van der Waals surface area contributed by atoms with Gasteiger partial charge in [-0.2, -0.15) is 5.10 Å². The summed E-state index contributed by atoms with van der Waals surface area (Å²) in [6, 6.07) is 8.73. The van der Waals surface area contributed by atoms with Gasteiger partial charge in [-0.15, -0.1) is 0 Å². The van der Waals surface area contributed by atoms with Crippen molar-refractivity contribution in [3.63, 3.8) is 0 Å². The standard InChI is InChI=1S/C24H28FN5O3S/c1-3-6-20(17-12-13-26-23(15-17)34(2,32)33)28-24(31)29-14-5-4-7-21-22(29)16-27-30(21)19-10-8-18(25)9-11-19/h8-13,15-16,20H,3-7,14H2,1-2H3,(H,28,31). The molecular weight excluding hydrogens is 457 g/mol. The highest BCUT2D eigenvalue weighted by Crippen LogP contribution is 2.29. The zero-order valence-electron chi connectivity index (χ0n) is 19.2. The quantitative estimate of drug-likeness (QED) is 0.564. The van der Waals surface area contributed by atoms with Crippen molar-refractivity contribution in [1.29, 1.82) is 0 Å². The Labute approximate surface area is 198 Å². The predicted molar refractivity (Wildman–Crippen MR) is 127 cm³/mol. The second-order valence-electron chi connectivity index (χ2n) is 8.46. The summed E-state index contributed by atoms with van der Waals surface area (Å²) in [6.45, 7) is 2.55. The van der Waals surface area contributed by atoms with E-state index in [1.807, 2.05) is 6.92 Å². The molecule has 8 nitrogen and oxygen atoms in total. The topological polar surface area (TPSA) is 97.2 Å². The van der Waals surface area contributed by atoms with Crippen LogP contribution in [0.3, 0.4) is 0 Å². The number of fused-ring (bicyclic) bond motifs is 1. The highest BCUT2D eigenvalue weighted by Gasteiger charge is 2.27. The zero-order chi connectivity index (χ0) is 24.3. The first-order chi connectivity index (χ1) is 16.3. The Hall–Kier alpha value is -3.27. The third-order valence-corrected chi connectivity index (χ3v) is 6.90. The van der Waals surface area contributed by atoms with E-state index in [1.165, 1.54) is 24.4 Å². The van der Waals surface area contributed by atoms with E-state index in [-0.39, 0.29) is 22.9 Å². The van der Waals surface area contributed by atoms with Crippen molar-refractivity contribution >= 4 is 21.6 Å². The average Bonchev–Trinajstić information content (AvgIpc) is 3.10. The van der Waals surface area contributed by atoms with Crippen LogP contribution in [0.15, 0.2) is 53.8 Å². The number of aromatic nitrogens is 3. The summed E-state index contributed by atoms with van der Waals surface area (Å²) in [5, 5.41) is 7.55. The Morgan fingerprint density at radius 3 is 2.68 bits per heavy atom. The molecule has 3 aromatic rings. The van der Waals surface area contributed by atoms with Crippen LogP contribution in [-0.2, 0) is 16.3 Å². The number of sulfone groups is 1. The molecule has 4 rings (SSSR count). The lowest BCUT2D eigenvalue weighted by Gasteiger charge is -2.26. The van der Waals surface area contributed by atoms with E-state index in [0.717, 1.165) is 49.0 Å². The molecule has 1 aliphatic rings. The molecule has 0 spiro atoms. The van der Waals surface area contributed by atoms with Crippen molar-refractivity contribution < 1.29 is 17.6 Å². The molecule has 34 heavy (non-hydrogen) atoms. The minimum atomic E-state index is -3.46. The molecule has 1 aliphatic heterocycles. The van der Waals surface area contributed by atoms with Gasteiger partial charge < -0.3 is 5.32 Å².